The molecule has 6 heteroatoms. The third-order valence-electron chi connectivity index (χ3n) is 3.75. The highest BCUT2D eigenvalue weighted by Gasteiger charge is 2.23. The summed E-state index contributed by atoms with van der Waals surface area (Å²) in [5, 5.41) is 10.9. The van der Waals surface area contributed by atoms with Crippen molar-refractivity contribution >= 4 is 5.65 Å². The van der Waals surface area contributed by atoms with Crippen LogP contribution in [0.3, 0.4) is 0 Å². The summed E-state index contributed by atoms with van der Waals surface area (Å²) in [6, 6.07) is 4.27. The third kappa shape index (κ3) is 2.13. The molecule has 6 nitrogen and oxygen atoms in total. The molecule has 1 aliphatic carbocycles. The van der Waals surface area contributed by atoms with Gasteiger partial charge in [0, 0.05) is 18.6 Å². The van der Waals surface area contributed by atoms with E-state index in [1.54, 1.807) is 0 Å². The summed E-state index contributed by atoms with van der Waals surface area (Å²) < 4.78 is 2.10. The smallest absolute Gasteiger partial charge is 0.137 e. The van der Waals surface area contributed by atoms with Crippen LogP contribution in [0.4, 0.5) is 0 Å². The predicted octanol–water partition coefficient (Wildman–Crippen LogP) is 0.870. The molecule has 0 saturated heterocycles. The van der Waals surface area contributed by atoms with Gasteiger partial charge in [-0.2, -0.15) is 0 Å². The summed E-state index contributed by atoms with van der Waals surface area (Å²) in [5.74, 6) is 0.754. The first-order valence-electron chi connectivity index (χ1n) is 6.89. The van der Waals surface area contributed by atoms with Gasteiger partial charge >= 0.3 is 0 Å². The molecule has 3 heterocycles. The summed E-state index contributed by atoms with van der Waals surface area (Å²) in [5.41, 5.74) is 9.99. The molecular formula is C14H17N5O. The molecule has 2 aromatic rings. The molecule has 1 aliphatic heterocycles. The minimum Gasteiger partial charge on any atom is -0.390 e. The number of hydrogen-bond donors (Lipinski definition) is 3. The highest BCUT2D eigenvalue weighted by atomic mass is 16.3. The van der Waals surface area contributed by atoms with Crippen LogP contribution < -0.4 is 11.0 Å². The average molecular weight is 271 g/mol. The number of fused-ring (bicyclic) bond motifs is 1. The van der Waals surface area contributed by atoms with Gasteiger partial charge < -0.3 is 14.9 Å². The maximum Gasteiger partial charge on any atom is 0.137 e. The highest BCUT2D eigenvalue weighted by Crippen LogP contribution is 2.39. The fourth-order valence-corrected chi connectivity index (χ4v) is 2.53. The van der Waals surface area contributed by atoms with E-state index in [2.05, 4.69) is 44.9 Å². The molecule has 2 aromatic heterocycles. The lowest BCUT2D eigenvalue weighted by molar-refractivity contribution is 0.255. The predicted molar refractivity (Wildman–Crippen MR) is 74.2 cm³/mol. The van der Waals surface area contributed by atoms with E-state index in [0.717, 1.165) is 23.0 Å². The number of nitrogens with one attached hydrogen (secondary N) is 2. The van der Waals surface area contributed by atoms with Crippen molar-refractivity contribution < 1.29 is 5.11 Å². The van der Waals surface area contributed by atoms with Crippen molar-refractivity contribution in [2.24, 2.45) is 0 Å². The lowest BCUT2D eigenvalue weighted by Crippen LogP contribution is -2.36. The Kier molecular flexibility index (Phi) is 2.64. The van der Waals surface area contributed by atoms with Crippen LogP contribution >= 0.6 is 0 Å². The van der Waals surface area contributed by atoms with Crippen LogP contribution in [0.15, 0.2) is 36.4 Å². The van der Waals surface area contributed by atoms with Crippen molar-refractivity contribution in [2.75, 3.05) is 6.61 Å². The molecule has 0 bridgehead atoms. The van der Waals surface area contributed by atoms with Crippen molar-refractivity contribution in [2.45, 2.75) is 25.3 Å². The molecular weight excluding hydrogens is 254 g/mol. The summed E-state index contributed by atoms with van der Waals surface area (Å²) in [7, 11) is 0. The van der Waals surface area contributed by atoms with Gasteiger partial charge in [0.25, 0.3) is 0 Å². The van der Waals surface area contributed by atoms with Gasteiger partial charge in [0.1, 0.15) is 5.65 Å². The monoisotopic (exact) mass is 271 g/mol. The van der Waals surface area contributed by atoms with Crippen LogP contribution in [0.1, 0.15) is 30.0 Å². The zero-order valence-corrected chi connectivity index (χ0v) is 11.1. The number of imidazole rings is 1. The molecule has 3 N–H and O–H groups in total. The van der Waals surface area contributed by atoms with Crippen LogP contribution in [-0.2, 0) is 6.54 Å². The Bertz CT molecular complexity index is 673. The third-order valence-corrected chi connectivity index (χ3v) is 3.75. The topological polar surface area (TPSA) is 64.8 Å². The molecule has 1 saturated carbocycles. The number of aliphatic hydroxyl groups excluding tert-OH is 1. The van der Waals surface area contributed by atoms with E-state index < -0.39 is 0 Å². The molecule has 4 rings (SSSR count). The zero-order chi connectivity index (χ0) is 13.5. The number of hydrogen-bond acceptors (Lipinski definition) is 5. The van der Waals surface area contributed by atoms with Crippen LogP contribution in [0.25, 0.3) is 5.65 Å². The van der Waals surface area contributed by atoms with Crippen molar-refractivity contribution in [3.8, 4) is 0 Å². The van der Waals surface area contributed by atoms with Gasteiger partial charge in [0.05, 0.1) is 24.5 Å². The Morgan fingerprint density at radius 1 is 1.30 bits per heavy atom. The second kappa shape index (κ2) is 4.50. The van der Waals surface area contributed by atoms with Gasteiger partial charge in [0.2, 0.25) is 0 Å². The Morgan fingerprint density at radius 2 is 2.20 bits per heavy atom. The van der Waals surface area contributed by atoms with E-state index in [4.69, 9.17) is 5.11 Å². The van der Waals surface area contributed by atoms with E-state index in [1.807, 2.05) is 11.2 Å². The summed E-state index contributed by atoms with van der Waals surface area (Å²) in [4.78, 5) is 4.61. The van der Waals surface area contributed by atoms with E-state index >= 15 is 0 Å². The van der Waals surface area contributed by atoms with E-state index in [-0.39, 0.29) is 6.61 Å². The fraction of sp³-hybridized carbons (Fsp3) is 0.357. The maximum absolute atomic E-state index is 9.04. The van der Waals surface area contributed by atoms with Gasteiger partial charge in [-0.05, 0) is 30.4 Å². The van der Waals surface area contributed by atoms with Crippen molar-refractivity contribution in [1.82, 2.24) is 25.4 Å². The maximum atomic E-state index is 9.04. The highest BCUT2D eigenvalue weighted by molar-refractivity contribution is 5.42. The van der Waals surface area contributed by atoms with Crippen LogP contribution in [-0.4, -0.2) is 26.1 Å². The second-order valence-corrected chi connectivity index (χ2v) is 5.41. The molecule has 2 aliphatic rings. The minimum atomic E-state index is -0.000581. The van der Waals surface area contributed by atoms with Crippen molar-refractivity contribution in [3.05, 3.63) is 47.7 Å². The number of hydrazine groups is 2. The van der Waals surface area contributed by atoms with Crippen LogP contribution in [0.2, 0.25) is 0 Å². The van der Waals surface area contributed by atoms with E-state index in [0.29, 0.717) is 6.54 Å². The number of rotatable bonds is 4. The van der Waals surface area contributed by atoms with Crippen LogP contribution in [0.5, 0.6) is 0 Å². The van der Waals surface area contributed by atoms with Gasteiger partial charge in [0.15, 0.2) is 0 Å². The molecule has 1 fully saturated rings. The fourth-order valence-electron chi connectivity index (χ4n) is 2.53. The Hall–Kier alpha value is -2.05. The first kappa shape index (κ1) is 11.7. The standard InChI is InChI=1S/C14H17N5O/c20-9-13-8-19(17-16-13)7-12-6-18-5-11(10-1-2-10)3-4-14(18)15-12/h3-6,8,10,16-17,20H,1-2,7,9H2. The normalized spacial score (nSPS) is 18.4. The van der Waals surface area contributed by atoms with Gasteiger partial charge in [-0.3, -0.25) is 5.01 Å². The van der Waals surface area contributed by atoms with Crippen molar-refractivity contribution in [1.29, 1.82) is 0 Å². The van der Waals surface area contributed by atoms with Gasteiger partial charge in [-0.25, -0.2) is 4.98 Å². The number of aliphatic hydroxyl groups is 1. The first-order valence-corrected chi connectivity index (χ1v) is 6.89. The quantitative estimate of drug-likeness (QED) is 0.770. The number of aromatic nitrogens is 2. The zero-order valence-electron chi connectivity index (χ0n) is 11.1. The molecule has 20 heavy (non-hydrogen) atoms. The number of pyridine rings is 1. The molecule has 0 amide bonds. The Balaban J connectivity index is 1.56. The summed E-state index contributed by atoms with van der Waals surface area (Å²) in [6.07, 6.45) is 8.72. The van der Waals surface area contributed by atoms with Gasteiger partial charge in [-0.15, -0.1) is 5.53 Å². The minimum absolute atomic E-state index is 0.000581. The lowest BCUT2D eigenvalue weighted by Gasteiger charge is -2.12. The van der Waals surface area contributed by atoms with Gasteiger partial charge in [-0.1, -0.05) is 6.07 Å². The largest absolute Gasteiger partial charge is 0.390 e. The molecule has 0 aromatic carbocycles. The molecule has 0 atom stereocenters. The second-order valence-electron chi connectivity index (χ2n) is 5.41. The van der Waals surface area contributed by atoms with E-state index in [1.165, 1.54) is 18.4 Å². The molecule has 0 radical (unpaired) electrons. The SMILES string of the molecule is OCC1=CN(Cc2cn3cc(C4CC4)ccc3n2)NN1. The first-order chi connectivity index (χ1) is 9.81. The molecule has 104 valence electrons. The Labute approximate surface area is 116 Å². The lowest BCUT2D eigenvalue weighted by atomic mass is 10.2. The van der Waals surface area contributed by atoms with Crippen LogP contribution in [0, 0.1) is 0 Å². The summed E-state index contributed by atoms with van der Waals surface area (Å²) in [6.45, 7) is 0.649. The van der Waals surface area contributed by atoms with Crippen molar-refractivity contribution in [3.63, 3.8) is 0 Å². The average Bonchev–Trinajstić information content (AvgIpc) is 3.08. The molecule has 0 spiro atoms. The number of nitrogens with zero attached hydrogens (tertiary/aromatic N) is 3. The summed E-state index contributed by atoms with van der Waals surface area (Å²) >= 11 is 0. The van der Waals surface area contributed by atoms with E-state index in [9.17, 15) is 0 Å². The Morgan fingerprint density at radius 3 is 2.95 bits per heavy atom. The molecule has 0 unspecified atom stereocenters.